The van der Waals surface area contributed by atoms with E-state index >= 15 is 0 Å². The first-order valence-electron chi connectivity index (χ1n) is 6.46. The van der Waals surface area contributed by atoms with Crippen LogP contribution in [-0.4, -0.2) is 13.7 Å². The number of methoxy groups -OCH3 is 1. The summed E-state index contributed by atoms with van der Waals surface area (Å²) in [5.41, 5.74) is 9.76. The van der Waals surface area contributed by atoms with Crippen LogP contribution in [0.4, 0.5) is 0 Å². The Morgan fingerprint density at radius 3 is 2.29 bits per heavy atom. The molecule has 1 atom stereocenters. The Balaban J connectivity index is 3.44. The van der Waals surface area contributed by atoms with Crippen molar-refractivity contribution >= 4 is 0 Å². The van der Waals surface area contributed by atoms with Gasteiger partial charge in [0.2, 0.25) is 0 Å². The average Bonchev–Trinajstić information content (AvgIpc) is 2.35. The standard InChI is InChI=1S/C15H25NO/c1-6-12-7-8-13(10(2)3)14(11(4)9-16)15(12)17-5/h7-8,10-11H,6,9,16H2,1-5H3. The molecule has 0 heterocycles. The molecule has 0 fully saturated rings. The van der Waals surface area contributed by atoms with Crippen LogP contribution < -0.4 is 10.5 Å². The minimum absolute atomic E-state index is 0.342. The van der Waals surface area contributed by atoms with Gasteiger partial charge in [0.15, 0.2) is 0 Å². The summed E-state index contributed by atoms with van der Waals surface area (Å²) >= 11 is 0. The van der Waals surface area contributed by atoms with Crippen LogP contribution in [0.2, 0.25) is 0 Å². The summed E-state index contributed by atoms with van der Waals surface area (Å²) in [5, 5.41) is 0. The first-order valence-corrected chi connectivity index (χ1v) is 6.46. The molecule has 0 saturated carbocycles. The van der Waals surface area contributed by atoms with Crippen molar-refractivity contribution in [2.24, 2.45) is 5.73 Å². The van der Waals surface area contributed by atoms with Gasteiger partial charge in [0.25, 0.3) is 0 Å². The van der Waals surface area contributed by atoms with Crippen molar-refractivity contribution in [3.05, 3.63) is 28.8 Å². The zero-order valence-electron chi connectivity index (χ0n) is 11.7. The van der Waals surface area contributed by atoms with E-state index < -0.39 is 0 Å². The van der Waals surface area contributed by atoms with Crippen molar-refractivity contribution < 1.29 is 4.74 Å². The maximum absolute atomic E-state index is 5.83. The van der Waals surface area contributed by atoms with Crippen LogP contribution in [0.25, 0.3) is 0 Å². The highest BCUT2D eigenvalue weighted by Gasteiger charge is 2.19. The number of benzene rings is 1. The summed E-state index contributed by atoms with van der Waals surface area (Å²) in [5.74, 6) is 1.88. The van der Waals surface area contributed by atoms with Gasteiger partial charge in [-0.1, -0.05) is 39.8 Å². The molecule has 0 aliphatic rings. The molecule has 0 bridgehead atoms. The Kier molecular flexibility index (Phi) is 5.01. The van der Waals surface area contributed by atoms with Crippen LogP contribution in [-0.2, 0) is 6.42 Å². The maximum Gasteiger partial charge on any atom is 0.125 e. The van der Waals surface area contributed by atoms with Gasteiger partial charge in [-0.15, -0.1) is 0 Å². The lowest BCUT2D eigenvalue weighted by Crippen LogP contribution is -2.14. The lowest BCUT2D eigenvalue weighted by molar-refractivity contribution is 0.400. The largest absolute Gasteiger partial charge is 0.496 e. The SMILES string of the molecule is CCc1ccc(C(C)C)c(C(C)CN)c1OC. The molecule has 1 unspecified atom stereocenters. The van der Waals surface area contributed by atoms with E-state index in [4.69, 9.17) is 10.5 Å². The van der Waals surface area contributed by atoms with E-state index in [-0.39, 0.29) is 0 Å². The summed E-state index contributed by atoms with van der Waals surface area (Å²) in [6, 6.07) is 4.41. The number of ether oxygens (including phenoxy) is 1. The quantitative estimate of drug-likeness (QED) is 0.848. The molecule has 0 aliphatic carbocycles. The van der Waals surface area contributed by atoms with Gasteiger partial charge in [-0.05, 0) is 35.9 Å². The molecule has 0 radical (unpaired) electrons. The first kappa shape index (κ1) is 14.0. The zero-order valence-corrected chi connectivity index (χ0v) is 11.7. The van der Waals surface area contributed by atoms with Crippen LogP contribution >= 0.6 is 0 Å². The molecule has 1 aromatic carbocycles. The monoisotopic (exact) mass is 235 g/mol. The Bertz CT molecular complexity index is 371. The smallest absolute Gasteiger partial charge is 0.125 e. The summed E-state index contributed by atoms with van der Waals surface area (Å²) in [4.78, 5) is 0. The van der Waals surface area contributed by atoms with Crippen molar-refractivity contribution in [2.75, 3.05) is 13.7 Å². The predicted molar refractivity (Wildman–Crippen MR) is 73.9 cm³/mol. The highest BCUT2D eigenvalue weighted by atomic mass is 16.5. The normalized spacial score (nSPS) is 12.9. The van der Waals surface area contributed by atoms with Gasteiger partial charge in [0.05, 0.1) is 7.11 Å². The number of hydrogen-bond donors (Lipinski definition) is 1. The summed E-state index contributed by atoms with van der Waals surface area (Å²) in [6.45, 7) is 9.41. The van der Waals surface area contributed by atoms with Crippen LogP contribution in [0.1, 0.15) is 56.2 Å². The second-order valence-electron chi connectivity index (χ2n) is 4.91. The van der Waals surface area contributed by atoms with Gasteiger partial charge in [-0.25, -0.2) is 0 Å². The van der Waals surface area contributed by atoms with E-state index in [0.717, 1.165) is 12.2 Å². The third-order valence-corrected chi connectivity index (χ3v) is 3.36. The molecule has 2 N–H and O–H groups in total. The molecule has 1 aromatic rings. The molecule has 0 spiro atoms. The Morgan fingerprint density at radius 2 is 1.88 bits per heavy atom. The molecule has 1 rings (SSSR count). The van der Waals surface area contributed by atoms with Gasteiger partial charge in [-0.2, -0.15) is 0 Å². The highest BCUT2D eigenvalue weighted by molar-refractivity contribution is 5.49. The minimum atomic E-state index is 0.342. The summed E-state index contributed by atoms with van der Waals surface area (Å²) < 4.78 is 5.63. The van der Waals surface area contributed by atoms with E-state index in [1.807, 2.05) is 0 Å². The average molecular weight is 235 g/mol. The molecule has 17 heavy (non-hydrogen) atoms. The fourth-order valence-corrected chi connectivity index (χ4v) is 2.31. The van der Waals surface area contributed by atoms with Gasteiger partial charge in [0.1, 0.15) is 5.75 Å². The Labute approximate surface area is 105 Å². The van der Waals surface area contributed by atoms with Crippen LogP contribution in [0.15, 0.2) is 12.1 Å². The molecular formula is C15H25NO. The first-order chi connectivity index (χ1) is 8.06. The molecule has 0 aliphatic heterocycles. The van der Waals surface area contributed by atoms with Crippen molar-refractivity contribution in [3.63, 3.8) is 0 Å². The third kappa shape index (κ3) is 2.81. The molecule has 2 nitrogen and oxygen atoms in total. The van der Waals surface area contributed by atoms with Crippen LogP contribution in [0.5, 0.6) is 5.75 Å². The van der Waals surface area contributed by atoms with Crippen molar-refractivity contribution in [1.29, 1.82) is 0 Å². The van der Waals surface area contributed by atoms with Gasteiger partial charge < -0.3 is 10.5 Å². The van der Waals surface area contributed by atoms with E-state index in [9.17, 15) is 0 Å². The van der Waals surface area contributed by atoms with E-state index in [0.29, 0.717) is 18.4 Å². The molecule has 0 amide bonds. The lowest BCUT2D eigenvalue weighted by atomic mass is 9.87. The van der Waals surface area contributed by atoms with Crippen LogP contribution in [0.3, 0.4) is 0 Å². The van der Waals surface area contributed by atoms with E-state index in [2.05, 4.69) is 39.8 Å². The highest BCUT2D eigenvalue weighted by Crippen LogP contribution is 2.36. The topological polar surface area (TPSA) is 35.2 Å². The van der Waals surface area contributed by atoms with Crippen molar-refractivity contribution in [2.45, 2.75) is 46.0 Å². The zero-order chi connectivity index (χ0) is 13.0. The molecule has 96 valence electrons. The predicted octanol–water partition coefficient (Wildman–Crippen LogP) is 3.44. The van der Waals surface area contributed by atoms with E-state index in [1.54, 1.807) is 7.11 Å². The Morgan fingerprint density at radius 1 is 1.24 bits per heavy atom. The number of rotatable bonds is 5. The van der Waals surface area contributed by atoms with Crippen molar-refractivity contribution in [1.82, 2.24) is 0 Å². The van der Waals surface area contributed by atoms with Gasteiger partial charge in [0, 0.05) is 5.56 Å². The lowest BCUT2D eigenvalue weighted by Gasteiger charge is -2.23. The van der Waals surface area contributed by atoms with E-state index in [1.165, 1.54) is 16.7 Å². The third-order valence-electron chi connectivity index (χ3n) is 3.36. The van der Waals surface area contributed by atoms with Gasteiger partial charge >= 0.3 is 0 Å². The van der Waals surface area contributed by atoms with Crippen molar-refractivity contribution in [3.8, 4) is 5.75 Å². The maximum atomic E-state index is 5.83. The fourth-order valence-electron chi connectivity index (χ4n) is 2.31. The second kappa shape index (κ2) is 6.06. The summed E-state index contributed by atoms with van der Waals surface area (Å²) in [6.07, 6.45) is 0.992. The molecular weight excluding hydrogens is 210 g/mol. The molecule has 0 aromatic heterocycles. The number of aryl methyl sites for hydroxylation is 1. The summed E-state index contributed by atoms with van der Waals surface area (Å²) in [7, 11) is 1.76. The van der Waals surface area contributed by atoms with Gasteiger partial charge in [-0.3, -0.25) is 0 Å². The second-order valence-corrected chi connectivity index (χ2v) is 4.91. The molecule has 0 saturated heterocycles. The minimum Gasteiger partial charge on any atom is -0.496 e. The van der Waals surface area contributed by atoms with Crippen LogP contribution in [0, 0.1) is 0 Å². The molecule has 2 heteroatoms. The fraction of sp³-hybridized carbons (Fsp3) is 0.600. The number of nitrogens with two attached hydrogens (primary N) is 1. The number of hydrogen-bond acceptors (Lipinski definition) is 2. The Hall–Kier alpha value is -1.02.